The number of aromatic nitrogens is 2. The molecule has 7 nitrogen and oxygen atoms in total. The molecule has 0 saturated carbocycles. The molecule has 8 heteroatoms. The van der Waals surface area contributed by atoms with E-state index in [1.165, 1.54) is 18.3 Å². The summed E-state index contributed by atoms with van der Waals surface area (Å²) in [5, 5.41) is 0. The summed E-state index contributed by atoms with van der Waals surface area (Å²) in [6, 6.07) is 4.57. The van der Waals surface area contributed by atoms with Gasteiger partial charge in [-0.2, -0.15) is 4.39 Å². The van der Waals surface area contributed by atoms with E-state index in [1.54, 1.807) is 19.9 Å². The highest BCUT2D eigenvalue weighted by Crippen LogP contribution is 2.34. The number of esters is 2. The minimum atomic E-state index is -1.44. The largest absolute Gasteiger partial charge is 0.463 e. The zero-order valence-corrected chi connectivity index (χ0v) is 14.1. The van der Waals surface area contributed by atoms with Gasteiger partial charge in [0.05, 0.1) is 12.2 Å². The van der Waals surface area contributed by atoms with E-state index in [4.69, 9.17) is 15.2 Å². The van der Waals surface area contributed by atoms with E-state index in [2.05, 4.69) is 9.97 Å². The molecule has 2 heterocycles. The summed E-state index contributed by atoms with van der Waals surface area (Å²) < 4.78 is 24.4. The molecular formula is C17H18FN3O4. The van der Waals surface area contributed by atoms with Crippen LogP contribution in [-0.4, -0.2) is 28.5 Å². The van der Waals surface area contributed by atoms with Crippen molar-refractivity contribution in [2.45, 2.75) is 26.9 Å². The summed E-state index contributed by atoms with van der Waals surface area (Å²) in [5.74, 6) is -2.32. The van der Waals surface area contributed by atoms with E-state index < -0.39 is 24.0 Å². The quantitative estimate of drug-likeness (QED) is 0.654. The van der Waals surface area contributed by atoms with Crippen LogP contribution in [0.2, 0.25) is 0 Å². The van der Waals surface area contributed by atoms with E-state index in [0.29, 0.717) is 5.69 Å². The van der Waals surface area contributed by atoms with Gasteiger partial charge in [0.25, 0.3) is 0 Å². The van der Waals surface area contributed by atoms with Crippen molar-refractivity contribution in [1.29, 1.82) is 0 Å². The first-order chi connectivity index (χ1) is 11.8. The van der Waals surface area contributed by atoms with Gasteiger partial charge < -0.3 is 15.2 Å². The number of pyridine rings is 2. The molecule has 2 aromatic heterocycles. The van der Waals surface area contributed by atoms with Gasteiger partial charge in [-0.1, -0.05) is 6.07 Å². The number of ether oxygens (including phenoxy) is 2. The second-order valence-electron chi connectivity index (χ2n) is 5.20. The van der Waals surface area contributed by atoms with Crippen molar-refractivity contribution >= 4 is 17.6 Å². The molecule has 0 aliphatic heterocycles. The van der Waals surface area contributed by atoms with Crippen LogP contribution in [0.1, 0.15) is 31.3 Å². The molecule has 0 fully saturated rings. The average molecular weight is 347 g/mol. The highest BCUT2D eigenvalue weighted by atomic mass is 19.1. The van der Waals surface area contributed by atoms with Gasteiger partial charge >= 0.3 is 11.9 Å². The van der Waals surface area contributed by atoms with E-state index in [9.17, 15) is 14.0 Å². The maximum absolute atomic E-state index is 14.4. The molecule has 0 spiro atoms. The number of nitrogens with zero attached hydrogens (tertiary/aromatic N) is 2. The standard InChI is InChI=1S/C17H18FN3O4/c1-4-24-17(23)15(25-10(3)22)14-11(6-5-7-20-14)13-12(19)8-9(2)21-16(13)18/h5-8,15H,4H2,1-3H3,(H2,19,21). The Hall–Kier alpha value is -3.03. The SMILES string of the molecule is CCOC(=O)C(OC(C)=O)c1ncccc1-c1c(N)cc(C)nc1F. The number of carbonyl (C=O) groups is 2. The van der Waals surface area contributed by atoms with E-state index in [0.717, 1.165) is 6.92 Å². The van der Waals surface area contributed by atoms with Crippen LogP contribution in [0.3, 0.4) is 0 Å². The fourth-order valence-corrected chi connectivity index (χ4v) is 2.36. The summed E-state index contributed by atoms with van der Waals surface area (Å²) in [4.78, 5) is 31.4. The van der Waals surface area contributed by atoms with Crippen molar-refractivity contribution in [3.63, 3.8) is 0 Å². The van der Waals surface area contributed by atoms with Gasteiger partial charge in [-0.15, -0.1) is 0 Å². The van der Waals surface area contributed by atoms with Crippen molar-refractivity contribution in [2.75, 3.05) is 12.3 Å². The van der Waals surface area contributed by atoms with E-state index in [-0.39, 0.29) is 29.1 Å². The van der Waals surface area contributed by atoms with Gasteiger partial charge in [-0.05, 0) is 26.0 Å². The number of carbonyl (C=O) groups excluding carboxylic acids is 2. The Balaban J connectivity index is 2.63. The van der Waals surface area contributed by atoms with E-state index in [1.807, 2.05) is 0 Å². The lowest BCUT2D eigenvalue weighted by Crippen LogP contribution is -2.23. The first kappa shape index (κ1) is 18.3. The molecule has 0 aliphatic carbocycles. The molecule has 25 heavy (non-hydrogen) atoms. The van der Waals surface area contributed by atoms with Gasteiger partial charge in [0.15, 0.2) is 0 Å². The van der Waals surface area contributed by atoms with Gasteiger partial charge in [0.2, 0.25) is 12.1 Å². The zero-order chi connectivity index (χ0) is 18.6. The third kappa shape index (κ3) is 4.09. The molecule has 2 rings (SSSR count). The Kier molecular flexibility index (Phi) is 5.63. The number of halogens is 1. The van der Waals surface area contributed by atoms with Crippen molar-refractivity contribution in [1.82, 2.24) is 9.97 Å². The first-order valence-electron chi connectivity index (χ1n) is 7.56. The molecule has 0 saturated heterocycles. The topological polar surface area (TPSA) is 104 Å². The number of hydrogen-bond acceptors (Lipinski definition) is 7. The summed E-state index contributed by atoms with van der Waals surface area (Å²) in [6.07, 6.45) is -0.0432. The first-order valence-corrected chi connectivity index (χ1v) is 7.56. The number of hydrogen-bond donors (Lipinski definition) is 1. The summed E-state index contributed by atoms with van der Waals surface area (Å²) in [6.45, 7) is 4.45. The van der Waals surface area contributed by atoms with Crippen molar-refractivity contribution in [2.24, 2.45) is 0 Å². The van der Waals surface area contributed by atoms with Crippen LogP contribution >= 0.6 is 0 Å². The van der Waals surface area contributed by atoms with Crippen LogP contribution in [-0.2, 0) is 19.1 Å². The van der Waals surface area contributed by atoms with Crippen LogP contribution in [0.25, 0.3) is 11.1 Å². The Bertz CT molecular complexity index is 787. The van der Waals surface area contributed by atoms with Gasteiger partial charge in [-0.25, -0.2) is 9.78 Å². The fourth-order valence-electron chi connectivity index (χ4n) is 2.36. The van der Waals surface area contributed by atoms with Crippen molar-refractivity contribution < 1.29 is 23.5 Å². The lowest BCUT2D eigenvalue weighted by atomic mass is 10.00. The highest BCUT2D eigenvalue weighted by Gasteiger charge is 2.31. The predicted octanol–water partition coefficient (Wildman–Crippen LogP) is 2.34. The molecule has 0 bridgehead atoms. The second-order valence-corrected chi connectivity index (χ2v) is 5.20. The number of aryl methyl sites for hydroxylation is 1. The lowest BCUT2D eigenvalue weighted by molar-refractivity contribution is -0.167. The highest BCUT2D eigenvalue weighted by molar-refractivity contribution is 5.85. The molecule has 0 aromatic carbocycles. The molecule has 0 aliphatic rings. The summed E-state index contributed by atoms with van der Waals surface area (Å²) >= 11 is 0. The maximum atomic E-state index is 14.4. The molecule has 132 valence electrons. The minimum Gasteiger partial charge on any atom is -0.463 e. The maximum Gasteiger partial charge on any atom is 0.353 e. The van der Waals surface area contributed by atoms with Crippen LogP contribution in [0.4, 0.5) is 10.1 Å². The molecule has 1 atom stereocenters. The van der Waals surface area contributed by atoms with Gasteiger partial charge in [0, 0.05) is 30.1 Å². The van der Waals surface area contributed by atoms with Gasteiger partial charge in [-0.3, -0.25) is 9.78 Å². The second kappa shape index (κ2) is 7.69. The van der Waals surface area contributed by atoms with Gasteiger partial charge in [0.1, 0.15) is 5.69 Å². The molecule has 0 radical (unpaired) electrons. The molecule has 2 N–H and O–H groups in total. The minimum absolute atomic E-state index is 0.0184. The van der Waals surface area contributed by atoms with Crippen LogP contribution in [0.5, 0.6) is 0 Å². The monoisotopic (exact) mass is 347 g/mol. The average Bonchev–Trinajstić information content (AvgIpc) is 2.52. The molecule has 0 amide bonds. The number of nitrogen functional groups attached to an aromatic ring is 1. The zero-order valence-electron chi connectivity index (χ0n) is 14.1. The van der Waals surface area contributed by atoms with Crippen LogP contribution in [0, 0.1) is 12.9 Å². The Morgan fingerprint density at radius 3 is 2.72 bits per heavy atom. The molecule has 2 aromatic rings. The Morgan fingerprint density at radius 1 is 1.40 bits per heavy atom. The predicted molar refractivity (Wildman–Crippen MR) is 87.7 cm³/mol. The molecular weight excluding hydrogens is 329 g/mol. The molecule has 1 unspecified atom stereocenters. The number of rotatable bonds is 5. The van der Waals surface area contributed by atoms with Crippen molar-refractivity contribution in [3.05, 3.63) is 41.7 Å². The normalized spacial score (nSPS) is 11.7. The van der Waals surface area contributed by atoms with Crippen LogP contribution < -0.4 is 5.73 Å². The third-order valence-electron chi connectivity index (χ3n) is 3.27. The van der Waals surface area contributed by atoms with E-state index >= 15 is 0 Å². The fraction of sp³-hybridized carbons (Fsp3) is 0.294. The summed E-state index contributed by atoms with van der Waals surface area (Å²) in [7, 11) is 0. The summed E-state index contributed by atoms with van der Waals surface area (Å²) in [5.41, 5.74) is 6.67. The Morgan fingerprint density at radius 2 is 2.12 bits per heavy atom. The number of nitrogens with two attached hydrogens (primary N) is 1. The lowest BCUT2D eigenvalue weighted by Gasteiger charge is -2.19. The third-order valence-corrected chi connectivity index (χ3v) is 3.27. The van der Waals surface area contributed by atoms with Crippen molar-refractivity contribution in [3.8, 4) is 11.1 Å². The van der Waals surface area contributed by atoms with Crippen LogP contribution in [0.15, 0.2) is 24.4 Å². The smallest absolute Gasteiger partial charge is 0.353 e. The Labute approximate surface area is 144 Å². The number of anilines is 1.